The number of imide groups is 1. The molecule has 138 valence electrons. The third kappa shape index (κ3) is 4.69. The first kappa shape index (κ1) is 19.0. The number of methoxy groups -OCH3 is 1. The Morgan fingerprint density at radius 3 is 2.44 bits per heavy atom. The normalized spacial score (nSPS) is 15.3. The molecule has 27 heavy (non-hydrogen) atoms. The minimum atomic E-state index is -0.496. The summed E-state index contributed by atoms with van der Waals surface area (Å²) in [6.07, 6.45) is 1.60. The van der Waals surface area contributed by atoms with Gasteiger partial charge in [-0.3, -0.25) is 19.3 Å². The van der Waals surface area contributed by atoms with Gasteiger partial charge in [0.05, 0.1) is 12.0 Å². The van der Waals surface area contributed by atoms with Crippen molar-refractivity contribution in [2.75, 3.05) is 19.0 Å². The molecule has 0 bridgehead atoms. The van der Waals surface area contributed by atoms with Crippen molar-refractivity contribution in [1.29, 1.82) is 0 Å². The van der Waals surface area contributed by atoms with Gasteiger partial charge in [-0.2, -0.15) is 0 Å². The highest BCUT2D eigenvalue weighted by Gasteiger charge is 2.36. The average Bonchev–Trinajstić information content (AvgIpc) is 2.91. The van der Waals surface area contributed by atoms with Gasteiger partial charge < -0.3 is 10.1 Å². The number of benzene rings is 2. The second-order valence-corrected chi connectivity index (χ2v) is 7.03. The van der Waals surface area contributed by atoms with E-state index in [0.29, 0.717) is 16.5 Å². The predicted octanol–water partition coefficient (Wildman–Crippen LogP) is 4.02. The molecule has 3 rings (SSSR count). The summed E-state index contributed by atoms with van der Waals surface area (Å²) < 4.78 is 5.05. The monoisotopic (exact) mass is 402 g/mol. The van der Waals surface area contributed by atoms with Crippen LogP contribution >= 0.6 is 23.4 Å². The van der Waals surface area contributed by atoms with Crippen LogP contribution in [0, 0.1) is 0 Å². The third-order valence-electron chi connectivity index (χ3n) is 3.72. The number of amides is 3. The summed E-state index contributed by atoms with van der Waals surface area (Å²) >= 11 is 6.64. The SMILES string of the molecule is COc1ccc(NC(=O)CN2C(=O)S/C(=C\c3ccc(Cl)cc3)C2=O)cc1. The van der Waals surface area contributed by atoms with Gasteiger partial charge in [0, 0.05) is 10.7 Å². The zero-order valence-electron chi connectivity index (χ0n) is 14.3. The van der Waals surface area contributed by atoms with Crippen LogP contribution < -0.4 is 10.1 Å². The number of nitrogens with zero attached hydrogens (tertiary/aromatic N) is 1. The average molecular weight is 403 g/mol. The van der Waals surface area contributed by atoms with Gasteiger partial charge in [0.25, 0.3) is 11.1 Å². The van der Waals surface area contributed by atoms with E-state index in [2.05, 4.69) is 5.32 Å². The van der Waals surface area contributed by atoms with Crippen molar-refractivity contribution in [3.05, 3.63) is 64.0 Å². The third-order valence-corrected chi connectivity index (χ3v) is 4.88. The zero-order chi connectivity index (χ0) is 19.4. The topological polar surface area (TPSA) is 75.7 Å². The van der Waals surface area contributed by atoms with Crippen LogP contribution in [-0.4, -0.2) is 35.6 Å². The fraction of sp³-hybridized carbons (Fsp3) is 0.105. The smallest absolute Gasteiger partial charge is 0.294 e. The first-order chi connectivity index (χ1) is 13.0. The highest BCUT2D eigenvalue weighted by atomic mass is 35.5. The minimum absolute atomic E-state index is 0.263. The van der Waals surface area contributed by atoms with Crippen LogP contribution in [0.25, 0.3) is 6.08 Å². The minimum Gasteiger partial charge on any atom is -0.497 e. The molecule has 1 aliphatic rings. The Balaban J connectivity index is 1.65. The fourth-order valence-electron chi connectivity index (χ4n) is 2.37. The van der Waals surface area contributed by atoms with Gasteiger partial charge in [0.15, 0.2) is 0 Å². The summed E-state index contributed by atoms with van der Waals surface area (Å²) in [7, 11) is 1.55. The number of hydrogen-bond acceptors (Lipinski definition) is 5. The second-order valence-electron chi connectivity index (χ2n) is 5.60. The lowest BCUT2D eigenvalue weighted by Gasteiger charge is -2.12. The van der Waals surface area contributed by atoms with E-state index >= 15 is 0 Å². The van der Waals surface area contributed by atoms with Crippen LogP contribution in [0.1, 0.15) is 5.56 Å². The van der Waals surface area contributed by atoms with Crippen molar-refractivity contribution in [3.8, 4) is 5.75 Å². The van der Waals surface area contributed by atoms with Gasteiger partial charge in [-0.15, -0.1) is 0 Å². The molecule has 0 radical (unpaired) electrons. The van der Waals surface area contributed by atoms with E-state index in [1.807, 2.05) is 0 Å². The summed E-state index contributed by atoms with van der Waals surface area (Å²) in [5.74, 6) is -0.300. The Kier molecular flexibility index (Phi) is 5.83. The highest BCUT2D eigenvalue weighted by molar-refractivity contribution is 8.18. The molecule has 1 heterocycles. The molecular formula is C19H15ClN2O4S. The summed E-state index contributed by atoms with van der Waals surface area (Å²) in [5.41, 5.74) is 1.29. The van der Waals surface area contributed by atoms with Gasteiger partial charge in [-0.05, 0) is 59.8 Å². The number of carbonyl (C=O) groups excluding carboxylic acids is 3. The lowest BCUT2D eigenvalue weighted by Crippen LogP contribution is -2.36. The molecule has 3 amide bonds. The maximum absolute atomic E-state index is 12.5. The van der Waals surface area contributed by atoms with Crippen molar-refractivity contribution in [2.24, 2.45) is 0 Å². The summed E-state index contributed by atoms with van der Waals surface area (Å²) in [6.45, 7) is -0.353. The molecule has 0 spiro atoms. The largest absolute Gasteiger partial charge is 0.497 e. The Morgan fingerprint density at radius 2 is 1.81 bits per heavy atom. The molecule has 6 nitrogen and oxygen atoms in total. The summed E-state index contributed by atoms with van der Waals surface area (Å²) in [6, 6.07) is 13.6. The standard InChI is InChI=1S/C19H15ClN2O4S/c1-26-15-8-6-14(7-9-15)21-17(23)11-22-18(24)16(27-19(22)25)10-12-2-4-13(20)5-3-12/h2-10H,11H2,1H3,(H,21,23)/b16-10-. The maximum atomic E-state index is 12.5. The summed E-state index contributed by atoms with van der Waals surface area (Å²) in [4.78, 5) is 37.9. The first-order valence-electron chi connectivity index (χ1n) is 7.91. The Bertz CT molecular complexity index is 910. The van der Waals surface area contributed by atoms with Crippen LogP contribution in [0.2, 0.25) is 5.02 Å². The Morgan fingerprint density at radius 1 is 1.15 bits per heavy atom. The molecule has 1 aliphatic heterocycles. The van der Waals surface area contributed by atoms with E-state index in [-0.39, 0.29) is 11.4 Å². The van der Waals surface area contributed by atoms with E-state index in [1.54, 1.807) is 61.7 Å². The number of halogens is 1. The number of rotatable bonds is 5. The predicted molar refractivity (Wildman–Crippen MR) is 106 cm³/mol. The zero-order valence-corrected chi connectivity index (χ0v) is 15.8. The number of ether oxygens (including phenoxy) is 1. The van der Waals surface area contributed by atoms with E-state index in [1.165, 1.54) is 0 Å². The molecule has 2 aromatic rings. The number of carbonyl (C=O) groups is 3. The Hall–Kier alpha value is -2.77. The molecule has 0 unspecified atom stereocenters. The first-order valence-corrected chi connectivity index (χ1v) is 9.10. The molecule has 0 aromatic heterocycles. The lowest BCUT2D eigenvalue weighted by atomic mass is 10.2. The van der Waals surface area contributed by atoms with Gasteiger partial charge in [-0.25, -0.2) is 0 Å². The molecule has 8 heteroatoms. The van der Waals surface area contributed by atoms with E-state index < -0.39 is 17.1 Å². The van der Waals surface area contributed by atoms with Crippen molar-refractivity contribution in [1.82, 2.24) is 4.90 Å². The van der Waals surface area contributed by atoms with Crippen molar-refractivity contribution in [3.63, 3.8) is 0 Å². The van der Waals surface area contributed by atoms with Gasteiger partial charge >= 0.3 is 0 Å². The van der Waals surface area contributed by atoms with Crippen molar-refractivity contribution >= 4 is 52.2 Å². The molecule has 0 aliphatic carbocycles. The van der Waals surface area contributed by atoms with Crippen LogP contribution in [0.15, 0.2) is 53.4 Å². The van der Waals surface area contributed by atoms with E-state index in [4.69, 9.17) is 16.3 Å². The molecular weight excluding hydrogens is 388 g/mol. The van der Waals surface area contributed by atoms with Crippen LogP contribution in [0.4, 0.5) is 10.5 Å². The number of anilines is 1. The van der Waals surface area contributed by atoms with Crippen LogP contribution in [-0.2, 0) is 9.59 Å². The van der Waals surface area contributed by atoms with Crippen LogP contribution in [0.5, 0.6) is 5.75 Å². The van der Waals surface area contributed by atoms with Gasteiger partial charge in [-0.1, -0.05) is 23.7 Å². The van der Waals surface area contributed by atoms with Crippen molar-refractivity contribution in [2.45, 2.75) is 0 Å². The van der Waals surface area contributed by atoms with Crippen LogP contribution in [0.3, 0.4) is 0 Å². The number of hydrogen-bond donors (Lipinski definition) is 1. The van der Waals surface area contributed by atoms with Gasteiger partial charge in [0.1, 0.15) is 12.3 Å². The number of nitrogens with one attached hydrogen (secondary N) is 1. The second kappa shape index (κ2) is 8.28. The molecule has 1 saturated heterocycles. The molecule has 1 N–H and O–H groups in total. The fourth-order valence-corrected chi connectivity index (χ4v) is 3.33. The molecule has 1 fully saturated rings. The molecule has 0 atom stereocenters. The lowest BCUT2D eigenvalue weighted by molar-refractivity contribution is -0.127. The highest BCUT2D eigenvalue weighted by Crippen LogP contribution is 2.32. The Labute approximate surface area is 165 Å². The quantitative estimate of drug-likeness (QED) is 0.764. The summed E-state index contributed by atoms with van der Waals surface area (Å²) in [5, 5.41) is 2.75. The number of thioether (sulfide) groups is 1. The van der Waals surface area contributed by atoms with Crippen molar-refractivity contribution < 1.29 is 19.1 Å². The molecule has 0 saturated carbocycles. The van der Waals surface area contributed by atoms with E-state index in [0.717, 1.165) is 22.2 Å². The maximum Gasteiger partial charge on any atom is 0.294 e. The molecule has 2 aromatic carbocycles. The van der Waals surface area contributed by atoms with E-state index in [9.17, 15) is 14.4 Å². The van der Waals surface area contributed by atoms with Gasteiger partial charge in [0.2, 0.25) is 5.91 Å².